The van der Waals surface area contributed by atoms with Gasteiger partial charge in [-0.25, -0.2) is 4.98 Å². The van der Waals surface area contributed by atoms with Crippen LogP contribution >= 0.6 is 0 Å². The quantitative estimate of drug-likeness (QED) is 0.844. The molecule has 2 aromatic rings. The number of aromatic nitrogens is 1. The molecule has 0 spiro atoms. The first-order valence-corrected chi connectivity index (χ1v) is 7.96. The van der Waals surface area contributed by atoms with Gasteiger partial charge >= 0.3 is 0 Å². The molecule has 1 atom stereocenters. The summed E-state index contributed by atoms with van der Waals surface area (Å²) in [5.74, 6) is 1.61. The lowest BCUT2D eigenvalue weighted by atomic mass is 10.0. The van der Waals surface area contributed by atoms with E-state index in [1.54, 1.807) is 19.4 Å². The maximum atomic E-state index is 9.40. The molecule has 1 aromatic carbocycles. The fourth-order valence-electron chi connectivity index (χ4n) is 2.49. The Morgan fingerprint density at radius 3 is 2.62 bits per heavy atom. The molecule has 126 valence electrons. The van der Waals surface area contributed by atoms with Crippen molar-refractivity contribution in [2.75, 3.05) is 13.7 Å². The van der Waals surface area contributed by atoms with Crippen LogP contribution in [-0.4, -0.2) is 24.7 Å². The van der Waals surface area contributed by atoms with E-state index in [9.17, 15) is 5.26 Å². The summed E-state index contributed by atoms with van der Waals surface area (Å²) in [6, 6.07) is 11.4. The standard InChI is InChI=1S/C19H23N3O2/c1-13(2)8-17(21)12-24-18-5-4-14(9-16(18)11-20)15-6-7-22-19(10-15)23-3/h4-7,9-10,13,17H,8,12,21H2,1-3H3. The van der Waals surface area contributed by atoms with Crippen molar-refractivity contribution in [1.29, 1.82) is 5.26 Å². The molecule has 0 radical (unpaired) electrons. The second-order valence-corrected chi connectivity index (χ2v) is 6.11. The van der Waals surface area contributed by atoms with E-state index in [2.05, 4.69) is 24.9 Å². The lowest BCUT2D eigenvalue weighted by Crippen LogP contribution is -2.29. The zero-order valence-corrected chi connectivity index (χ0v) is 14.3. The number of hydrogen-bond acceptors (Lipinski definition) is 5. The average molecular weight is 325 g/mol. The molecule has 1 aromatic heterocycles. The molecular weight excluding hydrogens is 302 g/mol. The molecule has 0 saturated carbocycles. The number of ether oxygens (including phenoxy) is 2. The summed E-state index contributed by atoms with van der Waals surface area (Å²) in [5, 5.41) is 9.40. The maximum Gasteiger partial charge on any atom is 0.213 e. The Kier molecular flexibility index (Phi) is 6.16. The maximum absolute atomic E-state index is 9.40. The van der Waals surface area contributed by atoms with E-state index in [0.29, 0.717) is 29.7 Å². The molecule has 5 heteroatoms. The number of hydrogen-bond donors (Lipinski definition) is 1. The number of nitrogens with two attached hydrogens (primary N) is 1. The van der Waals surface area contributed by atoms with Crippen LogP contribution in [0.25, 0.3) is 11.1 Å². The van der Waals surface area contributed by atoms with Gasteiger partial charge in [-0.05, 0) is 41.7 Å². The average Bonchev–Trinajstić information content (AvgIpc) is 2.59. The molecular formula is C19H23N3O2. The Balaban J connectivity index is 2.17. The minimum Gasteiger partial charge on any atom is -0.491 e. The van der Waals surface area contributed by atoms with Crippen LogP contribution < -0.4 is 15.2 Å². The monoisotopic (exact) mass is 325 g/mol. The first-order chi connectivity index (χ1) is 11.5. The predicted molar refractivity (Wildman–Crippen MR) is 93.9 cm³/mol. The number of nitrogens with zero attached hydrogens (tertiary/aromatic N) is 2. The van der Waals surface area contributed by atoms with Crippen molar-refractivity contribution in [3.8, 4) is 28.8 Å². The van der Waals surface area contributed by atoms with E-state index in [1.165, 1.54) is 0 Å². The van der Waals surface area contributed by atoms with Gasteiger partial charge in [0.25, 0.3) is 0 Å². The summed E-state index contributed by atoms with van der Waals surface area (Å²) in [7, 11) is 1.57. The second-order valence-electron chi connectivity index (χ2n) is 6.11. The van der Waals surface area contributed by atoms with Gasteiger partial charge in [-0.15, -0.1) is 0 Å². The third-order valence-corrected chi connectivity index (χ3v) is 3.60. The fourth-order valence-corrected chi connectivity index (χ4v) is 2.49. The minimum absolute atomic E-state index is 0.0410. The molecule has 5 nitrogen and oxygen atoms in total. The highest BCUT2D eigenvalue weighted by Crippen LogP contribution is 2.28. The van der Waals surface area contributed by atoms with Crippen LogP contribution in [0.4, 0.5) is 0 Å². The zero-order chi connectivity index (χ0) is 17.5. The van der Waals surface area contributed by atoms with Crippen LogP contribution in [0.3, 0.4) is 0 Å². The topological polar surface area (TPSA) is 81.2 Å². The normalized spacial score (nSPS) is 11.8. The largest absolute Gasteiger partial charge is 0.491 e. The smallest absolute Gasteiger partial charge is 0.213 e. The molecule has 0 aliphatic carbocycles. The molecule has 24 heavy (non-hydrogen) atoms. The van der Waals surface area contributed by atoms with Crippen LogP contribution in [0.5, 0.6) is 11.6 Å². The van der Waals surface area contributed by atoms with Gasteiger partial charge in [-0.1, -0.05) is 19.9 Å². The highest BCUT2D eigenvalue weighted by Gasteiger charge is 2.10. The minimum atomic E-state index is -0.0410. The number of rotatable bonds is 7. The van der Waals surface area contributed by atoms with Crippen molar-refractivity contribution in [2.24, 2.45) is 11.7 Å². The summed E-state index contributed by atoms with van der Waals surface area (Å²) in [5.41, 5.74) is 8.36. The molecule has 2 N–H and O–H groups in total. The second kappa shape index (κ2) is 8.32. The van der Waals surface area contributed by atoms with E-state index in [-0.39, 0.29) is 6.04 Å². The van der Waals surface area contributed by atoms with Gasteiger partial charge in [-0.2, -0.15) is 5.26 Å². The van der Waals surface area contributed by atoms with Crippen LogP contribution in [0, 0.1) is 17.2 Å². The molecule has 0 aliphatic heterocycles. The van der Waals surface area contributed by atoms with E-state index in [1.807, 2.05) is 24.3 Å². The zero-order valence-electron chi connectivity index (χ0n) is 14.3. The van der Waals surface area contributed by atoms with Gasteiger partial charge in [0.2, 0.25) is 5.88 Å². The van der Waals surface area contributed by atoms with Gasteiger partial charge in [0.05, 0.1) is 12.7 Å². The summed E-state index contributed by atoms with van der Waals surface area (Å²) < 4.78 is 10.9. The number of pyridine rings is 1. The summed E-state index contributed by atoms with van der Waals surface area (Å²) in [4.78, 5) is 4.09. The van der Waals surface area contributed by atoms with Gasteiger partial charge < -0.3 is 15.2 Å². The summed E-state index contributed by atoms with van der Waals surface area (Å²) in [6.45, 7) is 4.64. The third kappa shape index (κ3) is 4.71. The molecule has 1 heterocycles. The number of methoxy groups -OCH3 is 1. The van der Waals surface area contributed by atoms with Crippen molar-refractivity contribution in [2.45, 2.75) is 26.3 Å². The molecule has 0 aliphatic rings. The predicted octanol–water partition coefficient (Wildman–Crippen LogP) is 3.38. The van der Waals surface area contributed by atoms with Crippen molar-refractivity contribution >= 4 is 0 Å². The van der Waals surface area contributed by atoms with Gasteiger partial charge in [0.15, 0.2) is 0 Å². The van der Waals surface area contributed by atoms with Gasteiger partial charge in [0, 0.05) is 18.3 Å². The first kappa shape index (κ1) is 17.8. The molecule has 0 fully saturated rings. The lowest BCUT2D eigenvalue weighted by molar-refractivity contribution is 0.270. The molecule has 1 unspecified atom stereocenters. The van der Waals surface area contributed by atoms with Crippen molar-refractivity contribution < 1.29 is 9.47 Å². The number of benzene rings is 1. The van der Waals surface area contributed by atoms with E-state index >= 15 is 0 Å². The lowest BCUT2D eigenvalue weighted by Gasteiger charge is -2.16. The Morgan fingerprint density at radius 2 is 1.96 bits per heavy atom. The van der Waals surface area contributed by atoms with Crippen LogP contribution in [-0.2, 0) is 0 Å². The SMILES string of the molecule is COc1cc(-c2ccc(OCC(N)CC(C)C)c(C#N)c2)ccn1. The van der Waals surface area contributed by atoms with Gasteiger partial charge in [0.1, 0.15) is 18.4 Å². The van der Waals surface area contributed by atoms with Crippen molar-refractivity contribution in [1.82, 2.24) is 4.98 Å². The fraction of sp³-hybridized carbons (Fsp3) is 0.368. The van der Waals surface area contributed by atoms with Gasteiger partial charge in [-0.3, -0.25) is 0 Å². The van der Waals surface area contributed by atoms with Crippen LogP contribution in [0.15, 0.2) is 36.5 Å². The Labute approximate surface area is 143 Å². The van der Waals surface area contributed by atoms with E-state index < -0.39 is 0 Å². The Morgan fingerprint density at radius 1 is 1.21 bits per heavy atom. The molecule has 0 amide bonds. The van der Waals surface area contributed by atoms with Crippen molar-refractivity contribution in [3.63, 3.8) is 0 Å². The first-order valence-electron chi connectivity index (χ1n) is 7.96. The highest BCUT2D eigenvalue weighted by atomic mass is 16.5. The van der Waals surface area contributed by atoms with Crippen LogP contribution in [0.1, 0.15) is 25.8 Å². The van der Waals surface area contributed by atoms with Crippen LogP contribution in [0.2, 0.25) is 0 Å². The third-order valence-electron chi connectivity index (χ3n) is 3.60. The highest BCUT2D eigenvalue weighted by molar-refractivity contribution is 5.67. The molecule has 2 rings (SSSR count). The number of nitriles is 1. The summed E-state index contributed by atoms with van der Waals surface area (Å²) in [6.07, 6.45) is 2.56. The molecule has 0 saturated heterocycles. The summed E-state index contributed by atoms with van der Waals surface area (Å²) >= 11 is 0. The van der Waals surface area contributed by atoms with E-state index in [4.69, 9.17) is 15.2 Å². The van der Waals surface area contributed by atoms with E-state index in [0.717, 1.165) is 17.5 Å². The Hall–Kier alpha value is -2.58. The Bertz CT molecular complexity index is 723. The molecule has 0 bridgehead atoms. The van der Waals surface area contributed by atoms with Crippen molar-refractivity contribution in [3.05, 3.63) is 42.1 Å².